The minimum absolute atomic E-state index is 0.0295. The Balaban J connectivity index is 2.51. The van der Waals surface area contributed by atoms with Crippen molar-refractivity contribution >= 4 is 11.7 Å². The van der Waals surface area contributed by atoms with Gasteiger partial charge in [-0.15, -0.1) is 0 Å². The number of Topliss-reactive ketones (excluding diaryl/α,β-unsaturated/α-hetero) is 1. The molecule has 0 aromatic heterocycles. The van der Waals surface area contributed by atoms with Crippen LogP contribution in [0.5, 0.6) is 0 Å². The van der Waals surface area contributed by atoms with Crippen molar-refractivity contribution in [1.82, 2.24) is 9.80 Å². The lowest BCUT2D eigenvalue weighted by atomic mass is 10.1. The third kappa shape index (κ3) is 2.80. The van der Waals surface area contributed by atoms with Gasteiger partial charge in [0.25, 0.3) is 0 Å². The van der Waals surface area contributed by atoms with E-state index in [-0.39, 0.29) is 24.2 Å². The molecule has 1 amide bonds. The van der Waals surface area contributed by atoms with Crippen LogP contribution in [-0.4, -0.2) is 54.2 Å². The molecule has 0 bridgehead atoms. The third-order valence-electron chi connectivity index (χ3n) is 2.55. The van der Waals surface area contributed by atoms with Gasteiger partial charge in [-0.2, -0.15) is 0 Å². The number of likely N-dealkylation sites (N-methyl/N-ethyl adjacent to an activating group) is 1. The SMILES string of the molecule is CC(=O)CC(=O)N1CCN(C)CC1C. The maximum absolute atomic E-state index is 11.6. The molecule has 1 heterocycles. The highest BCUT2D eigenvalue weighted by atomic mass is 16.2. The maximum atomic E-state index is 11.6. The van der Waals surface area contributed by atoms with Gasteiger partial charge < -0.3 is 9.80 Å². The number of piperazine rings is 1. The second kappa shape index (κ2) is 4.55. The zero-order valence-electron chi connectivity index (χ0n) is 9.12. The largest absolute Gasteiger partial charge is 0.337 e. The minimum atomic E-state index is -0.0545. The summed E-state index contributed by atoms with van der Waals surface area (Å²) in [5, 5.41) is 0. The highest BCUT2D eigenvalue weighted by molar-refractivity contribution is 5.96. The molecule has 1 saturated heterocycles. The summed E-state index contributed by atoms with van der Waals surface area (Å²) < 4.78 is 0. The Kier molecular flexibility index (Phi) is 3.63. The van der Waals surface area contributed by atoms with Gasteiger partial charge in [-0.1, -0.05) is 0 Å². The van der Waals surface area contributed by atoms with E-state index >= 15 is 0 Å². The Bertz CT molecular complexity index is 240. The van der Waals surface area contributed by atoms with Crippen LogP contribution in [0.15, 0.2) is 0 Å². The summed E-state index contributed by atoms with van der Waals surface area (Å²) in [4.78, 5) is 26.4. The van der Waals surface area contributed by atoms with E-state index in [1.54, 1.807) is 4.90 Å². The van der Waals surface area contributed by atoms with E-state index in [0.29, 0.717) is 0 Å². The maximum Gasteiger partial charge on any atom is 0.230 e. The van der Waals surface area contributed by atoms with E-state index in [2.05, 4.69) is 4.90 Å². The standard InChI is InChI=1S/C10H18N2O2/c1-8-7-11(3)4-5-12(8)10(14)6-9(2)13/h8H,4-7H2,1-3H3. The van der Waals surface area contributed by atoms with Gasteiger partial charge in [-0.05, 0) is 20.9 Å². The molecule has 1 aliphatic rings. The number of rotatable bonds is 2. The lowest BCUT2D eigenvalue weighted by Crippen LogP contribution is -2.52. The van der Waals surface area contributed by atoms with E-state index in [9.17, 15) is 9.59 Å². The number of amides is 1. The highest BCUT2D eigenvalue weighted by Gasteiger charge is 2.25. The average molecular weight is 198 g/mol. The second-order valence-corrected chi connectivity index (χ2v) is 4.08. The summed E-state index contributed by atoms with van der Waals surface area (Å²) in [6.45, 7) is 6.01. The first-order valence-corrected chi connectivity index (χ1v) is 4.98. The fourth-order valence-electron chi connectivity index (χ4n) is 1.82. The minimum Gasteiger partial charge on any atom is -0.337 e. The van der Waals surface area contributed by atoms with Crippen LogP contribution in [-0.2, 0) is 9.59 Å². The zero-order chi connectivity index (χ0) is 10.7. The third-order valence-corrected chi connectivity index (χ3v) is 2.55. The van der Waals surface area contributed by atoms with Crippen LogP contribution in [0.3, 0.4) is 0 Å². The molecule has 0 N–H and O–H groups in total. The van der Waals surface area contributed by atoms with Crippen molar-refractivity contribution in [3.63, 3.8) is 0 Å². The van der Waals surface area contributed by atoms with E-state index < -0.39 is 0 Å². The molecule has 0 aromatic rings. The van der Waals surface area contributed by atoms with Crippen LogP contribution in [0.4, 0.5) is 0 Å². The fraction of sp³-hybridized carbons (Fsp3) is 0.800. The molecule has 0 aromatic carbocycles. The summed E-state index contributed by atoms with van der Waals surface area (Å²) in [6, 6.07) is 0.223. The number of hydrogen-bond donors (Lipinski definition) is 0. The number of nitrogens with zero attached hydrogens (tertiary/aromatic N) is 2. The second-order valence-electron chi connectivity index (χ2n) is 4.08. The molecule has 14 heavy (non-hydrogen) atoms. The molecule has 0 aliphatic carbocycles. The lowest BCUT2D eigenvalue weighted by Gasteiger charge is -2.38. The summed E-state index contributed by atoms with van der Waals surface area (Å²) >= 11 is 0. The molecule has 4 heteroatoms. The fourth-order valence-corrected chi connectivity index (χ4v) is 1.82. The molecular formula is C10H18N2O2. The molecule has 0 radical (unpaired) electrons. The summed E-state index contributed by atoms with van der Waals surface area (Å²) in [5.74, 6) is -0.0840. The highest BCUT2D eigenvalue weighted by Crippen LogP contribution is 2.09. The van der Waals surface area contributed by atoms with Crippen molar-refractivity contribution in [2.75, 3.05) is 26.7 Å². The van der Waals surface area contributed by atoms with Crippen molar-refractivity contribution < 1.29 is 9.59 Å². The van der Waals surface area contributed by atoms with Crippen LogP contribution in [0.25, 0.3) is 0 Å². The van der Waals surface area contributed by atoms with Gasteiger partial charge in [0.15, 0.2) is 0 Å². The van der Waals surface area contributed by atoms with Gasteiger partial charge in [0.05, 0.1) is 6.42 Å². The van der Waals surface area contributed by atoms with Gasteiger partial charge >= 0.3 is 0 Å². The van der Waals surface area contributed by atoms with Crippen LogP contribution in [0, 0.1) is 0 Å². The zero-order valence-corrected chi connectivity index (χ0v) is 9.12. The smallest absolute Gasteiger partial charge is 0.230 e. The Morgan fingerprint density at radius 2 is 2.00 bits per heavy atom. The van der Waals surface area contributed by atoms with E-state index in [4.69, 9.17) is 0 Å². The van der Waals surface area contributed by atoms with Crippen molar-refractivity contribution in [3.8, 4) is 0 Å². The molecule has 1 atom stereocenters. The van der Waals surface area contributed by atoms with Crippen LogP contribution in [0.1, 0.15) is 20.3 Å². The predicted molar refractivity (Wildman–Crippen MR) is 54.0 cm³/mol. The number of ketones is 1. The van der Waals surface area contributed by atoms with Crippen LogP contribution >= 0.6 is 0 Å². The molecule has 1 aliphatic heterocycles. The molecule has 0 saturated carbocycles. The van der Waals surface area contributed by atoms with Crippen LogP contribution in [0.2, 0.25) is 0 Å². The summed E-state index contributed by atoms with van der Waals surface area (Å²) in [7, 11) is 2.04. The topological polar surface area (TPSA) is 40.6 Å². The first-order valence-electron chi connectivity index (χ1n) is 4.98. The molecule has 1 rings (SSSR count). The van der Waals surface area contributed by atoms with E-state index in [0.717, 1.165) is 19.6 Å². The molecule has 80 valence electrons. The van der Waals surface area contributed by atoms with Crippen molar-refractivity contribution in [3.05, 3.63) is 0 Å². The number of carbonyl (C=O) groups is 2. The first kappa shape index (κ1) is 11.2. The average Bonchev–Trinajstić information content (AvgIpc) is 2.01. The molecule has 0 spiro atoms. The van der Waals surface area contributed by atoms with Gasteiger partial charge in [0.2, 0.25) is 5.91 Å². The van der Waals surface area contributed by atoms with Crippen molar-refractivity contribution in [1.29, 1.82) is 0 Å². The normalized spacial score (nSPS) is 23.6. The van der Waals surface area contributed by atoms with Gasteiger partial charge in [0, 0.05) is 25.7 Å². The number of hydrogen-bond acceptors (Lipinski definition) is 3. The van der Waals surface area contributed by atoms with Crippen molar-refractivity contribution in [2.24, 2.45) is 0 Å². The predicted octanol–water partition coefficient (Wildman–Crippen LogP) is 0.128. The Labute approximate surface area is 84.9 Å². The van der Waals surface area contributed by atoms with Crippen molar-refractivity contribution in [2.45, 2.75) is 26.3 Å². The molecule has 1 fully saturated rings. The van der Waals surface area contributed by atoms with Gasteiger partial charge in [-0.25, -0.2) is 0 Å². The Morgan fingerprint density at radius 3 is 2.50 bits per heavy atom. The van der Waals surface area contributed by atoms with E-state index in [1.807, 2.05) is 14.0 Å². The first-order chi connectivity index (χ1) is 6.50. The molecule has 4 nitrogen and oxygen atoms in total. The number of carbonyl (C=O) groups excluding carboxylic acids is 2. The lowest BCUT2D eigenvalue weighted by molar-refractivity contribution is -0.138. The van der Waals surface area contributed by atoms with Crippen LogP contribution < -0.4 is 0 Å². The molecule has 1 unspecified atom stereocenters. The summed E-state index contributed by atoms with van der Waals surface area (Å²) in [5.41, 5.74) is 0. The van der Waals surface area contributed by atoms with Gasteiger partial charge in [-0.3, -0.25) is 9.59 Å². The summed E-state index contributed by atoms with van der Waals surface area (Å²) in [6.07, 6.45) is 0.0497. The quantitative estimate of drug-likeness (QED) is 0.592. The molecular weight excluding hydrogens is 180 g/mol. The monoisotopic (exact) mass is 198 g/mol. The van der Waals surface area contributed by atoms with Gasteiger partial charge in [0.1, 0.15) is 5.78 Å². The Hall–Kier alpha value is -0.900. The van der Waals surface area contributed by atoms with E-state index in [1.165, 1.54) is 6.92 Å². The Morgan fingerprint density at radius 1 is 1.36 bits per heavy atom.